The summed E-state index contributed by atoms with van der Waals surface area (Å²) in [4.78, 5) is 5.37. The van der Waals surface area contributed by atoms with Crippen molar-refractivity contribution < 1.29 is 0 Å². The van der Waals surface area contributed by atoms with Crippen LogP contribution < -0.4 is 0 Å². The molecule has 3 nitrogen and oxygen atoms in total. The molecule has 3 heteroatoms. The lowest BCUT2D eigenvalue weighted by molar-refractivity contribution is 0.646. The first kappa shape index (κ1) is 37.0. The van der Waals surface area contributed by atoms with Crippen LogP contribution in [-0.2, 0) is 11.8 Å². The molecule has 63 heavy (non-hydrogen) atoms. The molecule has 0 saturated heterocycles. The molecule has 9 aromatic carbocycles. The van der Waals surface area contributed by atoms with Gasteiger partial charge in [-0.25, -0.2) is 4.98 Å². The minimum atomic E-state index is -0.474. The zero-order chi connectivity index (χ0) is 42.1. The number of fused-ring (bicyclic) bond motifs is 7. The largest absolute Gasteiger partial charge is 0.309 e. The Morgan fingerprint density at radius 2 is 0.952 bits per heavy atom. The molecule has 1 aliphatic rings. The Labute approximate surface area is 368 Å². The predicted octanol–water partition coefficient (Wildman–Crippen LogP) is 15.0. The van der Waals surface area contributed by atoms with Gasteiger partial charge in [0.2, 0.25) is 0 Å². The number of nitrogens with zero attached hydrogens (tertiary/aromatic N) is 3. The van der Waals surface area contributed by atoms with E-state index in [2.05, 4.69) is 241 Å². The third-order valence-corrected chi connectivity index (χ3v) is 13.2. The second-order valence-corrected chi connectivity index (χ2v) is 17.4. The van der Waals surface area contributed by atoms with Gasteiger partial charge in [0.25, 0.3) is 0 Å². The molecule has 0 spiro atoms. The van der Waals surface area contributed by atoms with Crippen LogP contribution in [0.25, 0.3) is 77.9 Å². The van der Waals surface area contributed by atoms with Gasteiger partial charge in [0.1, 0.15) is 5.82 Å². The molecule has 2 heterocycles. The van der Waals surface area contributed by atoms with Crippen molar-refractivity contribution in [1.82, 2.24) is 14.1 Å². The van der Waals surface area contributed by atoms with Gasteiger partial charge in [-0.1, -0.05) is 178 Å². The van der Waals surface area contributed by atoms with Gasteiger partial charge in [0, 0.05) is 27.7 Å². The second-order valence-electron chi connectivity index (χ2n) is 17.4. The summed E-state index contributed by atoms with van der Waals surface area (Å²) in [6.07, 6.45) is 1.06. The molecule has 12 rings (SSSR count). The second kappa shape index (κ2) is 14.7. The fraction of sp³-hybridized carbons (Fsp3) is 0.0833. The fourth-order valence-corrected chi connectivity index (χ4v) is 10.6. The van der Waals surface area contributed by atoms with E-state index < -0.39 is 5.41 Å². The Morgan fingerprint density at radius 1 is 0.429 bits per heavy atom. The summed E-state index contributed by atoms with van der Waals surface area (Å²) in [7, 11) is 0. The van der Waals surface area contributed by atoms with Crippen molar-refractivity contribution in [2.75, 3.05) is 0 Å². The van der Waals surface area contributed by atoms with Gasteiger partial charge in [0.15, 0.2) is 0 Å². The highest BCUT2D eigenvalue weighted by Gasteiger charge is 2.45. The molecule has 0 atom stereocenters. The SMILES string of the molecule is CC(C)Cc1ccc(C2(c3ccc(-c4cc(-c5nc6ccccc6n5-c5ccccc5)cc(-n5c6ccccc6c6ccccc65)c4)cc3)c3ccccc3-c3ccccc32)cc1. The van der Waals surface area contributed by atoms with E-state index in [1.54, 1.807) is 0 Å². The summed E-state index contributed by atoms with van der Waals surface area (Å²) >= 11 is 0. The number of benzene rings is 9. The predicted molar refractivity (Wildman–Crippen MR) is 262 cm³/mol. The van der Waals surface area contributed by atoms with E-state index in [1.807, 2.05) is 0 Å². The number of imidazole rings is 1. The first-order valence-corrected chi connectivity index (χ1v) is 22.1. The minimum Gasteiger partial charge on any atom is -0.309 e. The standard InChI is InChI=1S/C60H45N3/c1-40(2)36-41-28-32-45(33-29-41)60(53-22-10-6-18-49(53)50-19-7-11-23-54(50)60)46-34-30-42(31-35-46)43-37-44(59-61-55-24-12-15-27-58(55)63(59)47-16-4-3-5-17-47)39-48(38-43)62-56-25-13-8-20-51(56)52-21-9-14-26-57(52)62/h3-35,37-40H,36H2,1-2H3. The third-order valence-electron chi connectivity index (χ3n) is 13.2. The highest BCUT2D eigenvalue weighted by atomic mass is 15.1. The Morgan fingerprint density at radius 3 is 1.59 bits per heavy atom. The average molecular weight is 808 g/mol. The first-order chi connectivity index (χ1) is 31.1. The van der Waals surface area contributed by atoms with Gasteiger partial charge in [-0.05, 0) is 117 Å². The van der Waals surface area contributed by atoms with Crippen LogP contribution in [0.2, 0.25) is 0 Å². The van der Waals surface area contributed by atoms with Crippen LogP contribution in [0.15, 0.2) is 218 Å². The van der Waals surface area contributed by atoms with Crippen molar-refractivity contribution in [3.63, 3.8) is 0 Å². The van der Waals surface area contributed by atoms with Crippen LogP contribution in [0.5, 0.6) is 0 Å². The lowest BCUT2D eigenvalue weighted by Crippen LogP contribution is -2.28. The summed E-state index contributed by atoms with van der Waals surface area (Å²) in [5, 5.41) is 2.47. The molecule has 0 amide bonds. The van der Waals surface area contributed by atoms with Crippen molar-refractivity contribution in [3.8, 4) is 45.0 Å². The lowest BCUT2D eigenvalue weighted by atomic mass is 9.67. The molecule has 0 aliphatic heterocycles. The highest BCUT2D eigenvalue weighted by molar-refractivity contribution is 6.09. The van der Waals surface area contributed by atoms with Crippen LogP contribution in [0.4, 0.5) is 0 Å². The molecule has 0 bridgehead atoms. The van der Waals surface area contributed by atoms with Gasteiger partial charge in [-0.3, -0.25) is 4.57 Å². The number of rotatable bonds is 8. The van der Waals surface area contributed by atoms with Gasteiger partial charge in [-0.15, -0.1) is 0 Å². The van der Waals surface area contributed by atoms with Gasteiger partial charge >= 0.3 is 0 Å². The number of aromatic nitrogens is 3. The van der Waals surface area contributed by atoms with E-state index in [4.69, 9.17) is 4.98 Å². The minimum absolute atomic E-state index is 0.474. The van der Waals surface area contributed by atoms with Crippen LogP contribution in [0.3, 0.4) is 0 Å². The molecule has 0 unspecified atom stereocenters. The van der Waals surface area contributed by atoms with E-state index in [0.29, 0.717) is 5.92 Å². The molecule has 0 saturated carbocycles. The number of hydrogen-bond donors (Lipinski definition) is 0. The normalized spacial score (nSPS) is 12.9. The molecule has 0 fully saturated rings. The molecular formula is C60H45N3. The molecule has 0 radical (unpaired) electrons. The summed E-state index contributed by atoms with van der Waals surface area (Å²) in [6, 6.07) is 80.5. The Hall–Kier alpha value is -7.75. The monoisotopic (exact) mass is 807 g/mol. The molecule has 11 aromatic rings. The number of hydrogen-bond acceptors (Lipinski definition) is 1. The molecular weight excluding hydrogens is 763 g/mol. The maximum Gasteiger partial charge on any atom is 0.145 e. The fourth-order valence-electron chi connectivity index (χ4n) is 10.6. The van der Waals surface area contributed by atoms with Gasteiger partial charge < -0.3 is 4.57 Å². The molecule has 1 aliphatic carbocycles. The summed E-state index contributed by atoms with van der Waals surface area (Å²) in [5.74, 6) is 1.50. The van der Waals surface area contributed by atoms with Gasteiger partial charge in [-0.2, -0.15) is 0 Å². The van der Waals surface area contributed by atoms with E-state index in [0.717, 1.165) is 51.3 Å². The van der Waals surface area contributed by atoms with Crippen LogP contribution >= 0.6 is 0 Å². The van der Waals surface area contributed by atoms with Crippen molar-refractivity contribution >= 4 is 32.8 Å². The molecule has 2 aromatic heterocycles. The molecule has 0 N–H and O–H groups in total. The highest BCUT2D eigenvalue weighted by Crippen LogP contribution is 2.56. The Kier molecular flexibility index (Phi) is 8.65. The number of para-hydroxylation sites is 5. The van der Waals surface area contributed by atoms with Crippen LogP contribution in [0.1, 0.15) is 41.7 Å². The molecule has 300 valence electrons. The van der Waals surface area contributed by atoms with E-state index >= 15 is 0 Å². The summed E-state index contributed by atoms with van der Waals surface area (Å²) < 4.78 is 4.73. The van der Waals surface area contributed by atoms with Crippen molar-refractivity contribution in [1.29, 1.82) is 0 Å². The lowest BCUT2D eigenvalue weighted by Gasteiger charge is -2.34. The average Bonchev–Trinajstić information content (AvgIpc) is 3.99. The maximum absolute atomic E-state index is 5.37. The zero-order valence-corrected chi connectivity index (χ0v) is 35.4. The van der Waals surface area contributed by atoms with Gasteiger partial charge in [0.05, 0.1) is 27.5 Å². The quantitative estimate of drug-likeness (QED) is 0.150. The third kappa shape index (κ3) is 5.84. The first-order valence-electron chi connectivity index (χ1n) is 22.1. The summed E-state index contributed by atoms with van der Waals surface area (Å²) in [5.41, 5.74) is 18.6. The van der Waals surface area contributed by atoms with Crippen molar-refractivity contribution in [2.24, 2.45) is 5.92 Å². The van der Waals surface area contributed by atoms with Crippen LogP contribution in [-0.4, -0.2) is 14.1 Å². The van der Waals surface area contributed by atoms with Crippen molar-refractivity contribution in [2.45, 2.75) is 25.7 Å². The van der Waals surface area contributed by atoms with Crippen LogP contribution in [0, 0.1) is 5.92 Å². The Bertz CT molecular complexity index is 3400. The van der Waals surface area contributed by atoms with E-state index in [9.17, 15) is 0 Å². The van der Waals surface area contributed by atoms with Crippen molar-refractivity contribution in [3.05, 3.63) is 246 Å². The summed E-state index contributed by atoms with van der Waals surface area (Å²) in [6.45, 7) is 4.59. The Balaban J connectivity index is 1.09. The maximum atomic E-state index is 5.37. The van der Waals surface area contributed by atoms with E-state index in [-0.39, 0.29) is 0 Å². The topological polar surface area (TPSA) is 22.8 Å². The smallest absolute Gasteiger partial charge is 0.145 e. The van der Waals surface area contributed by atoms with E-state index in [1.165, 1.54) is 60.8 Å². The zero-order valence-electron chi connectivity index (χ0n) is 35.4.